The summed E-state index contributed by atoms with van der Waals surface area (Å²) in [6.45, 7) is 1.51. The summed E-state index contributed by atoms with van der Waals surface area (Å²) in [4.78, 5) is 17.4. The Labute approximate surface area is 128 Å². The third kappa shape index (κ3) is 2.61. The standard InChI is InChI=1S/C15H19N5O2/c1-18-8-6-17-15(18)11-3-2-7-19(10-11)14-9-12(16)4-5-13(14)20(21)22/h4-6,8-9,11H,2-3,7,10,16H2,1H3/t11-/m0/s1. The molecular weight excluding hydrogens is 282 g/mol. The number of aryl methyl sites for hydroxylation is 1. The van der Waals surface area contributed by atoms with Gasteiger partial charge in [-0.3, -0.25) is 10.1 Å². The van der Waals surface area contributed by atoms with Gasteiger partial charge in [0.2, 0.25) is 0 Å². The van der Waals surface area contributed by atoms with Crippen molar-refractivity contribution in [2.75, 3.05) is 23.7 Å². The van der Waals surface area contributed by atoms with Crippen molar-refractivity contribution < 1.29 is 4.92 Å². The molecule has 7 heteroatoms. The Morgan fingerprint density at radius 3 is 2.95 bits per heavy atom. The van der Waals surface area contributed by atoms with Crippen LogP contribution in [0.15, 0.2) is 30.6 Å². The maximum atomic E-state index is 11.3. The van der Waals surface area contributed by atoms with Gasteiger partial charge in [-0.2, -0.15) is 0 Å². The Kier molecular flexibility index (Phi) is 3.70. The lowest BCUT2D eigenvalue weighted by atomic mass is 9.96. The first-order valence-corrected chi connectivity index (χ1v) is 7.32. The largest absolute Gasteiger partial charge is 0.399 e. The molecule has 0 saturated carbocycles. The minimum atomic E-state index is -0.348. The zero-order chi connectivity index (χ0) is 15.7. The molecule has 0 unspecified atom stereocenters. The lowest BCUT2D eigenvalue weighted by molar-refractivity contribution is -0.384. The van der Waals surface area contributed by atoms with Crippen molar-refractivity contribution in [2.24, 2.45) is 7.05 Å². The van der Waals surface area contributed by atoms with Gasteiger partial charge < -0.3 is 15.2 Å². The van der Waals surface area contributed by atoms with Gasteiger partial charge in [-0.05, 0) is 25.0 Å². The fourth-order valence-corrected chi connectivity index (χ4v) is 3.13. The second kappa shape index (κ2) is 5.67. The molecule has 2 heterocycles. The minimum absolute atomic E-state index is 0.106. The van der Waals surface area contributed by atoms with Crippen LogP contribution < -0.4 is 10.6 Å². The number of piperidine rings is 1. The molecule has 2 N–H and O–H groups in total. The molecule has 3 rings (SSSR count). The number of anilines is 2. The molecule has 1 aliphatic heterocycles. The van der Waals surface area contributed by atoms with E-state index in [4.69, 9.17) is 5.73 Å². The summed E-state index contributed by atoms with van der Waals surface area (Å²) < 4.78 is 2.02. The van der Waals surface area contributed by atoms with Crippen LogP contribution in [0.4, 0.5) is 17.1 Å². The molecule has 0 bridgehead atoms. The average molecular weight is 301 g/mol. The van der Waals surface area contributed by atoms with Crippen LogP contribution >= 0.6 is 0 Å². The molecular formula is C15H19N5O2. The Balaban J connectivity index is 1.91. The van der Waals surface area contributed by atoms with E-state index >= 15 is 0 Å². The summed E-state index contributed by atoms with van der Waals surface area (Å²) in [7, 11) is 1.98. The zero-order valence-electron chi connectivity index (χ0n) is 12.5. The molecule has 0 spiro atoms. The van der Waals surface area contributed by atoms with Gasteiger partial charge in [-0.25, -0.2) is 4.98 Å². The van der Waals surface area contributed by atoms with Crippen LogP contribution in [0.2, 0.25) is 0 Å². The van der Waals surface area contributed by atoms with E-state index in [0.29, 0.717) is 11.4 Å². The second-order valence-corrected chi connectivity index (χ2v) is 5.69. The van der Waals surface area contributed by atoms with Gasteiger partial charge in [-0.1, -0.05) is 0 Å². The number of nitrogen functional groups attached to an aromatic ring is 1. The summed E-state index contributed by atoms with van der Waals surface area (Å²) >= 11 is 0. The van der Waals surface area contributed by atoms with Gasteiger partial charge in [0.15, 0.2) is 0 Å². The number of nitrogens with two attached hydrogens (primary N) is 1. The number of nitro benzene ring substituents is 1. The van der Waals surface area contributed by atoms with E-state index in [0.717, 1.165) is 31.8 Å². The first kappa shape index (κ1) is 14.4. The lowest BCUT2D eigenvalue weighted by Gasteiger charge is -2.33. The van der Waals surface area contributed by atoms with Gasteiger partial charge in [0, 0.05) is 50.2 Å². The quantitative estimate of drug-likeness (QED) is 0.533. The number of aromatic nitrogens is 2. The van der Waals surface area contributed by atoms with E-state index in [1.165, 1.54) is 6.07 Å². The SMILES string of the molecule is Cn1ccnc1[C@H]1CCCN(c2cc(N)ccc2[N+](=O)[O-])C1. The number of benzene rings is 1. The van der Waals surface area contributed by atoms with Gasteiger partial charge >= 0.3 is 0 Å². The van der Waals surface area contributed by atoms with E-state index in [1.807, 2.05) is 17.8 Å². The predicted octanol–water partition coefficient (Wildman–Crippen LogP) is 2.29. The Morgan fingerprint density at radius 2 is 2.27 bits per heavy atom. The highest BCUT2D eigenvalue weighted by Crippen LogP contribution is 2.35. The number of nitrogens with zero attached hydrogens (tertiary/aromatic N) is 4. The summed E-state index contributed by atoms with van der Waals surface area (Å²) in [6, 6.07) is 4.75. The highest BCUT2D eigenvalue weighted by atomic mass is 16.6. The van der Waals surface area contributed by atoms with Crippen molar-refractivity contribution >= 4 is 17.1 Å². The number of rotatable bonds is 3. The highest BCUT2D eigenvalue weighted by Gasteiger charge is 2.28. The van der Waals surface area contributed by atoms with Crippen LogP contribution in [0.1, 0.15) is 24.6 Å². The predicted molar refractivity (Wildman–Crippen MR) is 84.9 cm³/mol. The molecule has 1 aromatic heterocycles. The Bertz CT molecular complexity index is 697. The van der Waals surface area contributed by atoms with E-state index in [2.05, 4.69) is 9.88 Å². The fourth-order valence-electron chi connectivity index (χ4n) is 3.13. The molecule has 1 aliphatic rings. The topological polar surface area (TPSA) is 90.2 Å². The van der Waals surface area contributed by atoms with Gasteiger partial charge in [0.05, 0.1) is 4.92 Å². The van der Waals surface area contributed by atoms with Crippen molar-refractivity contribution in [3.63, 3.8) is 0 Å². The first-order chi connectivity index (χ1) is 10.6. The molecule has 2 aromatic rings. The molecule has 0 aliphatic carbocycles. The maximum absolute atomic E-state index is 11.3. The van der Waals surface area contributed by atoms with E-state index in [9.17, 15) is 10.1 Å². The molecule has 1 saturated heterocycles. The molecule has 1 fully saturated rings. The van der Waals surface area contributed by atoms with Gasteiger partial charge in [0.25, 0.3) is 5.69 Å². The molecule has 1 aromatic carbocycles. The Hall–Kier alpha value is -2.57. The van der Waals surface area contributed by atoms with Crippen LogP contribution in [0.3, 0.4) is 0 Å². The lowest BCUT2D eigenvalue weighted by Crippen LogP contribution is -2.35. The minimum Gasteiger partial charge on any atom is -0.399 e. The van der Waals surface area contributed by atoms with Crippen LogP contribution in [0, 0.1) is 10.1 Å². The maximum Gasteiger partial charge on any atom is 0.292 e. The first-order valence-electron chi connectivity index (χ1n) is 7.32. The monoisotopic (exact) mass is 301 g/mol. The van der Waals surface area contributed by atoms with E-state index < -0.39 is 0 Å². The van der Waals surface area contributed by atoms with Crippen LogP contribution in [-0.2, 0) is 7.05 Å². The van der Waals surface area contributed by atoms with Gasteiger partial charge in [-0.15, -0.1) is 0 Å². The number of nitro groups is 1. The molecule has 1 atom stereocenters. The molecule has 7 nitrogen and oxygen atoms in total. The van der Waals surface area contributed by atoms with E-state index in [1.54, 1.807) is 18.3 Å². The molecule has 116 valence electrons. The smallest absolute Gasteiger partial charge is 0.292 e. The van der Waals surface area contributed by atoms with Crippen molar-refractivity contribution in [3.05, 3.63) is 46.5 Å². The van der Waals surface area contributed by atoms with Crippen molar-refractivity contribution in [1.29, 1.82) is 0 Å². The van der Waals surface area contributed by atoms with Crippen molar-refractivity contribution in [1.82, 2.24) is 9.55 Å². The Morgan fingerprint density at radius 1 is 1.45 bits per heavy atom. The average Bonchev–Trinajstić information content (AvgIpc) is 2.93. The third-order valence-electron chi connectivity index (χ3n) is 4.18. The summed E-state index contributed by atoms with van der Waals surface area (Å²) in [5, 5.41) is 11.3. The zero-order valence-corrected chi connectivity index (χ0v) is 12.5. The molecule has 0 amide bonds. The fraction of sp³-hybridized carbons (Fsp3) is 0.400. The summed E-state index contributed by atoms with van der Waals surface area (Å²) in [5.74, 6) is 1.30. The highest BCUT2D eigenvalue weighted by molar-refractivity contribution is 5.69. The number of imidazole rings is 1. The normalized spacial score (nSPS) is 18.4. The van der Waals surface area contributed by atoms with Crippen LogP contribution in [0.25, 0.3) is 0 Å². The van der Waals surface area contributed by atoms with Crippen molar-refractivity contribution in [3.8, 4) is 0 Å². The molecule has 22 heavy (non-hydrogen) atoms. The van der Waals surface area contributed by atoms with Crippen LogP contribution in [0.5, 0.6) is 0 Å². The number of hydrogen-bond acceptors (Lipinski definition) is 5. The van der Waals surface area contributed by atoms with Crippen molar-refractivity contribution in [2.45, 2.75) is 18.8 Å². The molecule has 0 radical (unpaired) electrons. The van der Waals surface area contributed by atoms with Crippen LogP contribution in [-0.4, -0.2) is 27.6 Å². The van der Waals surface area contributed by atoms with Gasteiger partial charge in [0.1, 0.15) is 11.5 Å². The third-order valence-corrected chi connectivity index (χ3v) is 4.18. The summed E-state index contributed by atoms with van der Waals surface area (Å²) in [5.41, 5.74) is 7.07. The van der Waals surface area contributed by atoms with E-state index in [-0.39, 0.29) is 16.5 Å². The summed E-state index contributed by atoms with van der Waals surface area (Å²) in [6.07, 6.45) is 5.73. The second-order valence-electron chi connectivity index (χ2n) is 5.69. The number of hydrogen-bond donors (Lipinski definition) is 1.